The number of rotatable bonds is 2. The van der Waals surface area contributed by atoms with Gasteiger partial charge in [-0.3, -0.25) is 0 Å². The Morgan fingerprint density at radius 1 is 0.926 bits per heavy atom. The molecular formula is C21H25N3O3. The summed E-state index contributed by atoms with van der Waals surface area (Å²) in [6.45, 7) is 12.5. The average Bonchev–Trinajstić information content (AvgIpc) is 2.95. The van der Waals surface area contributed by atoms with Crippen LogP contribution < -0.4 is 0 Å². The molecule has 0 atom stereocenters. The van der Waals surface area contributed by atoms with E-state index in [4.69, 9.17) is 5.11 Å². The monoisotopic (exact) mass is 367 g/mol. The summed E-state index contributed by atoms with van der Waals surface area (Å²) in [4.78, 5) is 12.6. The number of aromatic nitrogens is 3. The Morgan fingerprint density at radius 3 is 2.11 bits per heavy atom. The molecule has 0 amide bonds. The SMILES string of the molecule is CC(C)(C)c1cc(-n2nc3ccc(C(=O)O)cc3n2)c(O)c(C(C)(C)C)c1. The van der Waals surface area contributed by atoms with Gasteiger partial charge < -0.3 is 10.2 Å². The molecule has 2 N–H and O–H groups in total. The van der Waals surface area contributed by atoms with Gasteiger partial charge in [0.05, 0.1) is 5.56 Å². The van der Waals surface area contributed by atoms with E-state index in [1.165, 1.54) is 16.9 Å². The van der Waals surface area contributed by atoms with Crippen molar-refractivity contribution < 1.29 is 15.0 Å². The molecule has 0 unspecified atom stereocenters. The first-order valence-corrected chi connectivity index (χ1v) is 8.86. The highest BCUT2D eigenvalue weighted by atomic mass is 16.4. The zero-order valence-corrected chi connectivity index (χ0v) is 16.5. The van der Waals surface area contributed by atoms with E-state index in [1.807, 2.05) is 32.9 Å². The van der Waals surface area contributed by atoms with Gasteiger partial charge in [0.2, 0.25) is 0 Å². The number of carboxylic acid groups (broad SMARTS) is 1. The molecule has 0 aliphatic carbocycles. The Balaban J connectivity index is 2.27. The highest BCUT2D eigenvalue weighted by Gasteiger charge is 2.26. The minimum atomic E-state index is -1.01. The number of phenols is 1. The molecule has 142 valence electrons. The fourth-order valence-corrected chi connectivity index (χ4v) is 2.93. The first kappa shape index (κ1) is 18.9. The fraction of sp³-hybridized carbons (Fsp3) is 0.381. The molecule has 27 heavy (non-hydrogen) atoms. The molecule has 6 nitrogen and oxygen atoms in total. The van der Waals surface area contributed by atoms with Crippen LogP contribution in [0.2, 0.25) is 0 Å². The van der Waals surface area contributed by atoms with Crippen LogP contribution in [-0.4, -0.2) is 31.2 Å². The topological polar surface area (TPSA) is 88.2 Å². The van der Waals surface area contributed by atoms with Crippen molar-refractivity contribution in [3.8, 4) is 11.4 Å². The first-order chi connectivity index (χ1) is 12.4. The van der Waals surface area contributed by atoms with Crippen molar-refractivity contribution in [2.24, 2.45) is 0 Å². The third kappa shape index (κ3) is 3.52. The molecule has 3 aromatic rings. The van der Waals surface area contributed by atoms with Gasteiger partial charge in [-0.25, -0.2) is 4.79 Å². The lowest BCUT2D eigenvalue weighted by Gasteiger charge is -2.27. The van der Waals surface area contributed by atoms with Gasteiger partial charge in [0.25, 0.3) is 0 Å². The summed E-state index contributed by atoms with van der Waals surface area (Å²) in [5, 5.41) is 29.0. The van der Waals surface area contributed by atoms with Gasteiger partial charge in [0, 0.05) is 5.56 Å². The van der Waals surface area contributed by atoms with Crippen molar-refractivity contribution >= 4 is 17.0 Å². The third-order valence-electron chi connectivity index (χ3n) is 4.61. The number of fused-ring (bicyclic) bond motifs is 1. The number of phenolic OH excluding ortho intramolecular Hbond substituents is 1. The van der Waals surface area contributed by atoms with E-state index in [2.05, 4.69) is 31.0 Å². The van der Waals surface area contributed by atoms with E-state index in [0.717, 1.165) is 11.1 Å². The van der Waals surface area contributed by atoms with Gasteiger partial charge >= 0.3 is 5.97 Å². The number of aromatic hydroxyl groups is 1. The van der Waals surface area contributed by atoms with Crippen LogP contribution >= 0.6 is 0 Å². The van der Waals surface area contributed by atoms with Gasteiger partial charge in [0.1, 0.15) is 22.5 Å². The van der Waals surface area contributed by atoms with E-state index in [0.29, 0.717) is 16.7 Å². The third-order valence-corrected chi connectivity index (χ3v) is 4.61. The van der Waals surface area contributed by atoms with Crippen LogP contribution in [0.15, 0.2) is 30.3 Å². The van der Waals surface area contributed by atoms with Gasteiger partial charge in [-0.2, -0.15) is 0 Å². The van der Waals surface area contributed by atoms with Gasteiger partial charge in [-0.15, -0.1) is 15.0 Å². The van der Waals surface area contributed by atoms with E-state index in [-0.39, 0.29) is 22.1 Å². The maximum atomic E-state index is 11.2. The van der Waals surface area contributed by atoms with Gasteiger partial charge in [-0.1, -0.05) is 47.6 Å². The lowest BCUT2D eigenvalue weighted by molar-refractivity contribution is 0.0697. The van der Waals surface area contributed by atoms with Crippen LogP contribution in [0.25, 0.3) is 16.7 Å². The van der Waals surface area contributed by atoms with Gasteiger partial charge in [-0.05, 0) is 40.7 Å². The number of nitrogens with zero attached hydrogens (tertiary/aromatic N) is 3. The zero-order valence-electron chi connectivity index (χ0n) is 16.5. The summed E-state index contributed by atoms with van der Waals surface area (Å²) in [6, 6.07) is 8.52. The zero-order chi connectivity index (χ0) is 20.1. The molecule has 0 radical (unpaired) electrons. The quantitative estimate of drug-likeness (QED) is 0.700. The Morgan fingerprint density at radius 2 is 1.56 bits per heavy atom. The Labute approximate surface area is 158 Å². The number of hydrogen-bond donors (Lipinski definition) is 2. The summed E-state index contributed by atoms with van der Waals surface area (Å²) < 4.78 is 0. The average molecular weight is 367 g/mol. The second-order valence-corrected chi connectivity index (χ2v) is 8.89. The largest absolute Gasteiger partial charge is 0.505 e. The molecule has 0 saturated heterocycles. The Kier molecular flexibility index (Phi) is 4.25. The molecule has 0 aliphatic heterocycles. The second kappa shape index (κ2) is 6.08. The van der Waals surface area contributed by atoms with Crippen LogP contribution in [-0.2, 0) is 10.8 Å². The molecule has 0 spiro atoms. The molecule has 0 aliphatic rings. The summed E-state index contributed by atoms with van der Waals surface area (Å²) in [6.07, 6.45) is 0. The number of carboxylic acids is 1. The van der Waals surface area contributed by atoms with E-state index in [1.54, 1.807) is 6.07 Å². The maximum Gasteiger partial charge on any atom is 0.335 e. The number of benzene rings is 2. The summed E-state index contributed by atoms with van der Waals surface area (Å²) >= 11 is 0. The predicted octanol–water partition coefficient (Wildman–Crippen LogP) is 4.42. The molecular weight excluding hydrogens is 342 g/mol. The summed E-state index contributed by atoms with van der Waals surface area (Å²) in [5.41, 5.74) is 3.17. The molecule has 0 bridgehead atoms. The molecule has 1 heterocycles. The fourth-order valence-electron chi connectivity index (χ4n) is 2.93. The molecule has 3 rings (SSSR count). The van der Waals surface area contributed by atoms with Crippen LogP contribution in [0.1, 0.15) is 63.0 Å². The minimum Gasteiger partial charge on any atom is -0.505 e. The smallest absolute Gasteiger partial charge is 0.335 e. The second-order valence-electron chi connectivity index (χ2n) is 8.89. The minimum absolute atomic E-state index is 0.120. The Bertz CT molecular complexity index is 1040. The van der Waals surface area contributed by atoms with Crippen molar-refractivity contribution in [2.45, 2.75) is 52.4 Å². The number of hydrogen-bond acceptors (Lipinski definition) is 4. The normalized spacial score (nSPS) is 12.5. The summed E-state index contributed by atoms with van der Waals surface area (Å²) in [5.74, 6) is -0.881. The predicted molar refractivity (Wildman–Crippen MR) is 105 cm³/mol. The van der Waals surface area contributed by atoms with Gasteiger partial charge in [0.15, 0.2) is 0 Å². The van der Waals surface area contributed by atoms with E-state index < -0.39 is 5.97 Å². The highest BCUT2D eigenvalue weighted by molar-refractivity contribution is 5.92. The maximum absolute atomic E-state index is 11.2. The van der Waals surface area contributed by atoms with E-state index in [9.17, 15) is 9.90 Å². The van der Waals surface area contributed by atoms with Crippen LogP contribution in [0.5, 0.6) is 5.75 Å². The lowest BCUT2D eigenvalue weighted by atomic mass is 9.80. The Hall–Kier alpha value is -2.89. The first-order valence-electron chi connectivity index (χ1n) is 8.86. The molecule has 2 aromatic carbocycles. The summed E-state index contributed by atoms with van der Waals surface area (Å²) in [7, 11) is 0. The van der Waals surface area contributed by atoms with Crippen molar-refractivity contribution in [3.05, 3.63) is 47.0 Å². The molecule has 0 saturated carbocycles. The highest BCUT2D eigenvalue weighted by Crippen LogP contribution is 2.39. The van der Waals surface area contributed by atoms with Crippen molar-refractivity contribution in [2.75, 3.05) is 0 Å². The molecule has 1 aromatic heterocycles. The van der Waals surface area contributed by atoms with Crippen molar-refractivity contribution in [1.29, 1.82) is 0 Å². The standard InChI is InChI=1S/C21H25N3O3/c1-20(2,3)13-10-14(21(4,5)6)18(25)17(11-13)24-22-15-8-7-12(19(26)27)9-16(15)23-24/h7-11,25H,1-6H3,(H,26,27). The number of carbonyl (C=O) groups is 1. The van der Waals surface area contributed by atoms with Crippen molar-refractivity contribution in [3.63, 3.8) is 0 Å². The van der Waals surface area contributed by atoms with Crippen LogP contribution in [0.4, 0.5) is 0 Å². The van der Waals surface area contributed by atoms with Crippen LogP contribution in [0.3, 0.4) is 0 Å². The van der Waals surface area contributed by atoms with Crippen molar-refractivity contribution in [1.82, 2.24) is 15.0 Å². The van der Waals surface area contributed by atoms with E-state index >= 15 is 0 Å². The molecule has 6 heteroatoms. The number of aromatic carboxylic acids is 1. The molecule has 0 fully saturated rings. The lowest BCUT2D eigenvalue weighted by Crippen LogP contribution is -2.18. The van der Waals surface area contributed by atoms with Crippen LogP contribution in [0, 0.1) is 0 Å².